The summed E-state index contributed by atoms with van der Waals surface area (Å²) in [5.74, 6) is -1.67. The molecule has 1 unspecified atom stereocenters. The molecule has 0 bridgehead atoms. The maximum Gasteiger partial charge on any atom is 0.159 e. The van der Waals surface area contributed by atoms with Gasteiger partial charge in [-0.3, -0.25) is 4.68 Å². The first-order chi connectivity index (χ1) is 8.54. The van der Waals surface area contributed by atoms with Crippen LogP contribution in [-0.4, -0.2) is 15.8 Å². The van der Waals surface area contributed by atoms with Crippen LogP contribution in [0, 0.1) is 11.6 Å². The first kappa shape index (κ1) is 12.7. The zero-order valence-corrected chi connectivity index (χ0v) is 10.1. The number of aryl methyl sites for hydroxylation is 1. The Hall–Kier alpha value is -1.75. The van der Waals surface area contributed by atoms with Crippen LogP contribution in [0.15, 0.2) is 30.5 Å². The number of benzene rings is 1. The highest BCUT2D eigenvalue weighted by Gasteiger charge is 2.09. The van der Waals surface area contributed by atoms with E-state index in [-0.39, 0.29) is 6.04 Å². The number of aromatic nitrogens is 2. The van der Waals surface area contributed by atoms with Gasteiger partial charge in [-0.1, -0.05) is 6.07 Å². The van der Waals surface area contributed by atoms with Gasteiger partial charge in [0.15, 0.2) is 11.6 Å². The minimum Gasteiger partial charge on any atom is -0.327 e. The lowest BCUT2D eigenvalue weighted by Crippen LogP contribution is -2.25. The van der Waals surface area contributed by atoms with Crippen molar-refractivity contribution in [1.82, 2.24) is 9.78 Å². The highest BCUT2D eigenvalue weighted by atomic mass is 19.2. The van der Waals surface area contributed by atoms with Crippen LogP contribution in [0.3, 0.4) is 0 Å². The molecule has 2 aromatic rings. The summed E-state index contributed by atoms with van der Waals surface area (Å²) < 4.78 is 27.5. The van der Waals surface area contributed by atoms with E-state index >= 15 is 0 Å². The molecular formula is C13H15F2N3. The predicted molar refractivity (Wildman–Crippen MR) is 64.9 cm³/mol. The van der Waals surface area contributed by atoms with Gasteiger partial charge in [0.2, 0.25) is 0 Å². The van der Waals surface area contributed by atoms with Crippen molar-refractivity contribution in [1.29, 1.82) is 0 Å². The second-order valence-electron chi connectivity index (χ2n) is 4.40. The van der Waals surface area contributed by atoms with Gasteiger partial charge in [0.05, 0.1) is 5.69 Å². The summed E-state index contributed by atoms with van der Waals surface area (Å²) in [5, 5.41) is 4.23. The third-order valence-electron chi connectivity index (χ3n) is 2.72. The van der Waals surface area contributed by atoms with Gasteiger partial charge in [0, 0.05) is 25.7 Å². The molecule has 0 fully saturated rings. The van der Waals surface area contributed by atoms with Gasteiger partial charge in [-0.2, -0.15) is 5.10 Å². The number of hydrogen-bond donors (Lipinski definition) is 1. The molecule has 0 radical (unpaired) electrons. The van der Waals surface area contributed by atoms with Crippen LogP contribution in [0.4, 0.5) is 8.78 Å². The Morgan fingerprint density at radius 3 is 2.61 bits per heavy atom. The molecule has 0 saturated heterocycles. The van der Waals surface area contributed by atoms with E-state index in [1.807, 2.05) is 19.3 Å². The average Bonchev–Trinajstić information content (AvgIpc) is 2.69. The highest BCUT2D eigenvalue weighted by molar-refractivity contribution is 5.19. The molecule has 1 aromatic carbocycles. The van der Waals surface area contributed by atoms with E-state index in [1.54, 1.807) is 10.7 Å². The SMILES string of the molecule is Cn1ccc(CC(N)Cc2ccc(F)c(F)c2)n1. The van der Waals surface area contributed by atoms with Gasteiger partial charge in [0.1, 0.15) is 0 Å². The van der Waals surface area contributed by atoms with E-state index in [2.05, 4.69) is 5.10 Å². The number of nitrogens with zero attached hydrogens (tertiary/aromatic N) is 2. The summed E-state index contributed by atoms with van der Waals surface area (Å²) in [6, 6.07) is 5.60. The normalized spacial score (nSPS) is 12.7. The monoisotopic (exact) mass is 251 g/mol. The van der Waals surface area contributed by atoms with E-state index in [0.29, 0.717) is 18.4 Å². The molecule has 1 heterocycles. The largest absolute Gasteiger partial charge is 0.327 e. The van der Waals surface area contributed by atoms with Crippen molar-refractivity contribution >= 4 is 0 Å². The second kappa shape index (κ2) is 5.27. The van der Waals surface area contributed by atoms with Crippen molar-refractivity contribution in [2.24, 2.45) is 12.8 Å². The minimum absolute atomic E-state index is 0.162. The van der Waals surface area contributed by atoms with Crippen molar-refractivity contribution in [3.63, 3.8) is 0 Å². The zero-order chi connectivity index (χ0) is 13.1. The molecule has 0 aliphatic carbocycles. The van der Waals surface area contributed by atoms with Gasteiger partial charge >= 0.3 is 0 Å². The molecule has 1 atom stereocenters. The average molecular weight is 251 g/mol. The minimum atomic E-state index is -0.836. The van der Waals surface area contributed by atoms with Crippen molar-refractivity contribution in [2.75, 3.05) is 0 Å². The van der Waals surface area contributed by atoms with Crippen LogP contribution in [0.5, 0.6) is 0 Å². The van der Waals surface area contributed by atoms with E-state index in [4.69, 9.17) is 5.73 Å². The number of rotatable bonds is 4. The van der Waals surface area contributed by atoms with Crippen molar-refractivity contribution in [3.8, 4) is 0 Å². The third-order valence-corrected chi connectivity index (χ3v) is 2.72. The summed E-state index contributed by atoms with van der Waals surface area (Å²) in [6.45, 7) is 0. The zero-order valence-electron chi connectivity index (χ0n) is 10.1. The molecule has 0 aliphatic rings. The number of halogens is 2. The van der Waals surface area contributed by atoms with E-state index in [0.717, 1.165) is 11.8 Å². The van der Waals surface area contributed by atoms with Crippen LogP contribution in [-0.2, 0) is 19.9 Å². The fourth-order valence-electron chi connectivity index (χ4n) is 1.88. The van der Waals surface area contributed by atoms with Gasteiger partial charge in [-0.05, 0) is 30.2 Å². The van der Waals surface area contributed by atoms with E-state index in [9.17, 15) is 8.78 Å². The molecule has 0 amide bonds. The second-order valence-corrected chi connectivity index (χ2v) is 4.40. The van der Waals surface area contributed by atoms with E-state index < -0.39 is 11.6 Å². The van der Waals surface area contributed by atoms with Gasteiger partial charge < -0.3 is 5.73 Å². The lowest BCUT2D eigenvalue weighted by atomic mass is 10.0. The Balaban J connectivity index is 1.98. The van der Waals surface area contributed by atoms with Gasteiger partial charge in [0.25, 0.3) is 0 Å². The maximum atomic E-state index is 13.0. The summed E-state index contributed by atoms with van der Waals surface area (Å²) in [7, 11) is 1.84. The molecule has 0 aliphatic heterocycles. The van der Waals surface area contributed by atoms with Crippen LogP contribution in [0.2, 0.25) is 0 Å². The Morgan fingerprint density at radius 2 is 2.00 bits per heavy atom. The van der Waals surface area contributed by atoms with Crippen LogP contribution in [0.1, 0.15) is 11.3 Å². The summed E-state index contributed by atoms with van der Waals surface area (Å²) in [4.78, 5) is 0. The molecular weight excluding hydrogens is 236 g/mol. The summed E-state index contributed by atoms with van der Waals surface area (Å²) in [5.41, 5.74) is 7.56. The smallest absolute Gasteiger partial charge is 0.159 e. The lowest BCUT2D eigenvalue weighted by Gasteiger charge is -2.10. The summed E-state index contributed by atoms with van der Waals surface area (Å²) >= 11 is 0. The molecule has 96 valence electrons. The molecule has 2 N–H and O–H groups in total. The topological polar surface area (TPSA) is 43.8 Å². The molecule has 5 heteroatoms. The van der Waals surface area contributed by atoms with Crippen LogP contribution >= 0.6 is 0 Å². The molecule has 0 saturated carbocycles. The molecule has 18 heavy (non-hydrogen) atoms. The first-order valence-electron chi connectivity index (χ1n) is 5.72. The Kier molecular flexibility index (Phi) is 3.72. The molecule has 1 aromatic heterocycles. The van der Waals surface area contributed by atoms with Crippen molar-refractivity contribution in [2.45, 2.75) is 18.9 Å². The molecule has 3 nitrogen and oxygen atoms in total. The standard InChI is InChI=1S/C13H15F2N3/c1-18-5-4-11(17-18)8-10(16)6-9-2-3-12(14)13(15)7-9/h2-5,7,10H,6,8,16H2,1H3. The Bertz CT molecular complexity index is 537. The van der Waals surface area contributed by atoms with Crippen molar-refractivity contribution in [3.05, 3.63) is 53.4 Å². The lowest BCUT2D eigenvalue weighted by molar-refractivity contribution is 0.506. The van der Waals surface area contributed by atoms with Gasteiger partial charge in [-0.15, -0.1) is 0 Å². The highest BCUT2D eigenvalue weighted by Crippen LogP contribution is 2.11. The predicted octanol–water partition coefficient (Wildman–Crippen LogP) is 1.81. The number of hydrogen-bond acceptors (Lipinski definition) is 2. The first-order valence-corrected chi connectivity index (χ1v) is 5.72. The molecule has 2 rings (SSSR count). The Labute approximate surface area is 104 Å². The third kappa shape index (κ3) is 3.13. The maximum absolute atomic E-state index is 13.0. The molecule has 0 spiro atoms. The Morgan fingerprint density at radius 1 is 1.22 bits per heavy atom. The summed E-state index contributed by atoms with van der Waals surface area (Å²) in [6.07, 6.45) is 2.95. The quantitative estimate of drug-likeness (QED) is 0.900. The fraction of sp³-hybridized carbons (Fsp3) is 0.308. The van der Waals surface area contributed by atoms with Crippen LogP contribution < -0.4 is 5.73 Å². The van der Waals surface area contributed by atoms with Gasteiger partial charge in [-0.25, -0.2) is 8.78 Å². The van der Waals surface area contributed by atoms with Crippen LogP contribution in [0.25, 0.3) is 0 Å². The fourth-order valence-corrected chi connectivity index (χ4v) is 1.88. The van der Waals surface area contributed by atoms with E-state index in [1.165, 1.54) is 6.07 Å². The van der Waals surface area contributed by atoms with Crippen molar-refractivity contribution < 1.29 is 8.78 Å². The number of nitrogens with two attached hydrogens (primary N) is 1.